The summed E-state index contributed by atoms with van der Waals surface area (Å²) in [5.41, 5.74) is 19.5. The topological polar surface area (TPSA) is 250 Å². The summed E-state index contributed by atoms with van der Waals surface area (Å²) >= 11 is 0.980. The average molecular weight is 701 g/mol. The molecule has 1 atom stereocenters. The maximum Gasteiger partial charge on any atom is 0.490 e. The molecule has 0 aliphatic carbocycles. The van der Waals surface area contributed by atoms with Crippen LogP contribution >= 0.6 is 11.3 Å². The normalized spacial score (nSPS) is 12.9. The second kappa shape index (κ2) is 15.6. The molecule has 3 aromatic rings. The fourth-order valence-electron chi connectivity index (χ4n) is 4.22. The van der Waals surface area contributed by atoms with Crippen LogP contribution in [0.2, 0.25) is 0 Å². The van der Waals surface area contributed by atoms with E-state index in [4.69, 9.17) is 31.8 Å². The standard InChI is InChI=1S/C26H30N6O6S2.C2HF3O2/c27-14-15-3-5-16(6-4-15)18-12-17-7-10-38-22(17)21(13-18)40(36,37)32-19-8-11-39-23(19)24(33)31-20(25(34)35)2-1-9-30-26(28)29;3-2(4,5)1(6)7/h3-6,8,11-13,20,32H,1-2,7,9-10,14,27H2,(H,31,33)(H,34,35)(H4,28,29,30);(H,6,7)/t20-;/m0./s1. The molecule has 14 nitrogen and oxygen atoms in total. The van der Waals surface area contributed by atoms with Gasteiger partial charge in [-0.3, -0.25) is 14.5 Å². The van der Waals surface area contributed by atoms with Crippen LogP contribution < -0.4 is 32.0 Å². The van der Waals surface area contributed by atoms with Crippen molar-refractivity contribution >= 4 is 50.9 Å². The number of benzene rings is 2. The van der Waals surface area contributed by atoms with Crippen LogP contribution in [-0.4, -0.2) is 67.8 Å². The number of amides is 1. The van der Waals surface area contributed by atoms with Gasteiger partial charge in [0.05, 0.1) is 12.3 Å². The van der Waals surface area contributed by atoms with E-state index in [1.165, 1.54) is 17.5 Å². The molecule has 0 radical (unpaired) electrons. The molecule has 0 saturated heterocycles. The van der Waals surface area contributed by atoms with Gasteiger partial charge in [-0.15, -0.1) is 11.3 Å². The monoisotopic (exact) mass is 700 g/mol. The number of nitrogens with zero attached hydrogens (tertiary/aromatic N) is 1. The van der Waals surface area contributed by atoms with Crippen molar-refractivity contribution in [2.45, 2.75) is 42.9 Å². The summed E-state index contributed by atoms with van der Waals surface area (Å²) in [4.78, 5) is 37.3. The highest BCUT2D eigenvalue weighted by Gasteiger charge is 2.38. The van der Waals surface area contributed by atoms with Crippen molar-refractivity contribution in [3.05, 3.63) is 63.8 Å². The van der Waals surface area contributed by atoms with E-state index in [-0.39, 0.29) is 40.1 Å². The maximum atomic E-state index is 13.6. The number of sulfonamides is 1. The zero-order chi connectivity index (χ0) is 34.9. The molecule has 0 unspecified atom stereocenters. The van der Waals surface area contributed by atoms with E-state index in [9.17, 15) is 36.3 Å². The molecular formula is C28H31F3N6O8S2. The minimum absolute atomic E-state index is 0.0186. The number of carbonyl (C=O) groups is 3. The summed E-state index contributed by atoms with van der Waals surface area (Å²) in [6.45, 7) is 0.942. The molecule has 1 amide bonds. The lowest BCUT2D eigenvalue weighted by molar-refractivity contribution is -0.192. The SMILES string of the molecule is NCc1ccc(-c2cc3c(c(S(=O)(=O)Nc4ccsc4C(=O)N[C@@H](CCCN=C(N)N)C(=O)O)c2)OCC3)cc1.O=C(O)C(F)(F)F. The second-order valence-electron chi connectivity index (χ2n) is 9.85. The van der Waals surface area contributed by atoms with Crippen molar-refractivity contribution < 1.29 is 50.9 Å². The van der Waals surface area contributed by atoms with Gasteiger partial charge in [-0.05, 0) is 58.7 Å². The number of hydrogen-bond acceptors (Lipinski definition) is 9. The van der Waals surface area contributed by atoms with Gasteiger partial charge in [0.15, 0.2) is 5.96 Å². The van der Waals surface area contributed by atoms with Crippen LogP contribution in [0.25, 0.3) is 11.1 Å². The van der Waals surface area contributed by atoms with Crippen molar-refractivity contribution in [1.29, 1.82) is 0 Å². The Labute approximate surface area is 270 Å². The summed E-state index contributed by atoms with van der Waals surface area (Å²) in [7, 11) is -4.20. The number of thiophene rings is 1. The van der Waals surface area contributed by atoms with Crippen LogP contribution in [0.5, 0.6) is 5.75 Å². The Bertz CT molecular complexity index is 1740. The fraction of sp³-hybridized carbons (Fsp3) is 0.286. The molecule has 0 bridgehead atoms. The Balaban J connectivity index is 0.000000771. The van der Waals surface area contributed by atoms with E-state index >= 15 is 0 Å². The first-order chi connectivity index (χ1) is 22.0. The third-order valence-electron chi connectivity index (χ3n) is 6.47. The molecule has 254 valence electrons. The summed E-state index contributed by atoms with van der Waals surface area (Å²) in [5.74, 6) is -4.56. The summed E-state index contributed by atoms with van der Waals surface area (Å²) in [6.07, 6.45) is -4.14. The fourth-order valence-corrected chi connectivity index (χ4v) is 6.32. The van der Waals surface area contributed by atoms with Gasteiger partial charge in [0.1, 0.15) is 21.6 Å². The Kier molecular flexibility index (Phi) is 12.1. The van der Waals surface area contributed by atoms with Crippen molar-refractivity contribution in [3.63, 3.8) is 0 Å². The number of guanidine groups is 1. The molecular weight excluding hydrogens is 669 g/mol. The molecule has 1 aliphatic rings. The van der Waals surface area contributed by atoms with Crippen molar-refractivity contribution in [3.8, 4) is 16.9 Å². The lowest BCUT2D eigenvalue weighted by Crippen LogP contribution is -2.40. The Morgan fingerprint density at radius 1 is 1.06 bits per heavy atom. The summed E-state index contributed by atoms with van der Waals surface area (Å²) in [6, 6.07) is 11.2. The number of nitrogens with one attached hydrogen (secondary N) is 2. The van der Waals surface area contributed by atoms with E-state index in [1.807, 2.05) is 30.3 Å². The minimum atomic E-state index is -5.08. The number of ether oxygens (including phenoxy) is 1. The second-order valence-corrected chi connectivity index (χ2v) is 12.4. The molecule has 10 N–H and O–H groups in total. The smallest absolute Gasteiger partial charge is 0.490 e. The highest BCUT2D eigenvalue weighted by molar-refractivity contribution is 7.92. The van der Waals surface area contributed by atoms with E-state index in [0.717, 1.165) is 28.0 Å². The van der Waals surface area contributed by atoms with Gasteiger partial charge in [-0.2, -0.15) is 13.2 Å². The van der Waals surface area contributed by atoms with Gasteiger partial charge in [0.2, 0.25) is 0 Å². The van der Waals surface area contributed by atoms with Crippen molar-refractivity contribution in [2.24, 2.45) is 22.2 Å². The van der Waals surface area contributed by atoms with E-state index in [2.05, 4.69) is 15.0 Å². The number of alkyl halides is 3. The number of hydrogen-bond donors (Lipinski definition) is 7. The molecule has 4 rings (SSSR count). The van der Waals surface area contributed by atoms with Gasteiger partial charge in [-0.1, -0.05) is 24.3 Å². The van der Waals surface area contributed by atoms with Gasteiger partial charge >= 0.3 is 18.1 Å². The van der Waals surface area contributed by atoms with Crippen LogP contribution in [0.1, 0.15) is 33.6 Å². The number of nitrogens with two attached hydrogens (primary N) is 3. The number of carboxylic acids is 2. The molecule has 2 heterocycles. The number of halogens is 3. The van der Waals surface area contributed by atoms with E-state index in [1.54, 1.807) is 0 Å². The quantitative estimate of drug-likeness (QED) is 0.0821. The summed E-state index contributed by atoms with van der Waals surface area (Å²) < 4.78 is 67.1. The van der Waals surface area contributed by atoms with Gasteiger partial charge in [0.25, 0.3) is 15.9 Å². The van der Waals surface area contributed by atoms with Crippen LogP contribution in [0.4, 0.5) is 18.9 Å². The van der Waals surface area contributed by atoms with Gasteiger partial charge in [0, 0.05) is 19.5 Å². The minimum Gasteiger partial charge on any atom is -0.492 e. The maximum absolute atomic E-state index is 13.6. The molecule has 2 aromatic carbocycles. The number of aliphatic imine (C=N–C) groups is 1. The zero-order valence-corrected chi connectivity index (χ0v) is 26.0. The highest BCUT2D eigenvalue weighted by Crippen LogP contribution is 2.38. The number of rotatable bonds is 12. The molecule has 0 fully saturated rings. The van der Waals surface area contributed by atoms with Crippen molar-refractivity contribution in [1.82, 2.24) is 5.32 Å². The molecule has 47 heavy (non-hydrogen) atoms. The number of anilines is 1. The molecule has 19 heteroatoms. The first-order valence-corrected chi connectivity index (χ1v) is 16.0. The van der Waals surface area contributed by atoms with Crippen LogP contribution in [0, 0.1) is 0 Å². The van der Waals surface area contributed by atoms with Crippen molar-refractivity contribution in [2.75, 3.05) is 17.9 Å². The van der Waals surface area contributed by atoms with Crippen LogP contribution in [0.15, 0.2) is 57.7 Å². The lowest BCUT2D eigenvalue weighted by Gasteiger charge is -2.16. The summed E-state index contributed by atoms with van der Waals surface area (Å²) in [5, 5.41) is 20.7. The molecule has 1 aliphatic heterocycles. The predicted octanol–water partition coefficient (Wildman–Crippen LogP) is 2.48. The van der Waals surface area contributed by atoms with Crippen LogP contribution in [-0.2, 0) is 32.6 Å². The predicted molar refractivity (Wildman–Crippen MR) is 167 cm³/mol. The highest BCUT2D eigenvalue weighted by atomic mass is 32.2. The number of aliphatic carboxylic acids is 2. The van der Waals surface area contributed by atoms with Crippen LogP contribution in [0.3, 0.4) is 0 Å². The van der Waals surface area contributed by atoms with E-state index in [0.29, 0.717) is 31.6 Å². The number of fused-ring (bicyclic) bond motifs is 1. The Morgan fingerprint density at radius 2 is 1.72 bits per heavy atom. The van der Waals surface area contributed by atoms with E-state index < -0.39 is 40.1 Å². The first kappa shape index (κ1) is 36.6. The van der Waals surface area contributed by atoms with Gasteiger partial charge < -0.3 is 37.5 Å². The number of carbonyl (C=O) groups excluding carboxylic acids is 1. The first-order valence-electron chi connectivity index (χ1n) is 13.6. The largest absolute Gasteiger partial charge is 0.492 e. The average Bonchev–Trinajstić information content (AvgIpc) is 3.67. The zero-order valence-electron chi connectivity index (χ0n) is 24.4. The molecule has 0 spiro atoms. The molecule has 0 saturated carbocycles. The Morgan fingerprint density at radius 3 is 2.30 bits per heavy atom. The lowest BCUT2D eigenvalue weighted by atomic mass is 10.0. The third-order valence-corrected chi connectivity index (χ3v) is 8.75. The number of carboxylic acid groups (broad SMARTS) is 2. The third kappa shape index (κ3) is 10.1. The van der Waals surface area contributed by atoms with Gasteiger partial charge in [-0.25, -0.2) is 18.0 Å². The Hall–Kier alpha value is -4.88. The molecule has 1 aromatic heterocycles.